The Bertz CT molecular complexity index is 898. The zero-order chi connectivity index (χ0) is 19.9. The molecule has 0 amide bonds. The summed E-state index contributed by atoms with van der Waals surface area (Å²) in [5, 5.41) is 1.33. The van der Waals surface area contributed by atoms with Crippen molar-refractivity contribution in [2.45, 2.75) is 57.9 Å². The Balaban J connectivity index is 2.67. The first-order valence-electron chi connectivity index (χ1n) is 8.44. The van der Waals surface area contributed by atoms with Crippen LogP contribution in [0.15, 0.2) is 24.4 Å². The highest BCUT2D eigenvalue weighted by Crippen LogP contribution is 2.31. The van der Waals surface area contributed by atoms with E-state index in [4.69, 9.17) is 0 Å². The zero-order valence-corrected chi connectivity index (χ0v) is 17.3. The Morgan fingerprint density at radius 1 is 1.19 bits per heavy atom. The van der Waals surface area contributed by atoms with Gasteiger partial charge in [0.05, 0.1) is 8.07 Å². The molecule has 0 bridgehead atoms. The van der Waals surface area contributed by atoms with Gasteiger partial charge in [0.2, 0.25) is 0 Å². The predicted molar refractivity (Wildman–Crippen MR) is 100 cm³/mol. The van der Waals surface area contributed by atoms with Gasteiger partial charge in [-0.05, 0) is 36.7 Å². The van der Waals surface area contributed by atoms with E-state index >= 15 is 0 Å². The molecule has 1 aromatic heterocycles. The van der Waals surface area contributed by atoms with Gasteiger partial charge in [0, 0.05) is 23.1 Å². The van der Waals surface area contributed by atoms with Gasteiger partial charge in [0.25, 0.3) is 0 Å². The van der Waals surface area contributed by atoms with Gasteiger partial charge >= 0.3 is 15.6 Å². The molecule has 0 fully saturated rings. The maximum atomic E-state index is 12.8. The summed E-state index contributed by atoms with van der Waals surface area (Å²) in [5.41, 5.74) is -4.58. The summed E-state index contributed by atoms with van der Waals surface area (Å²) in [6.07, 6.45) is 3.87. The van der Waals surface area contributed by atoms with E-state index in [0.29, 0.717) is 5.19 Å². The molecular formula is C17H24F3NO3SSi. The molecule has 0 N–H and O–H groups in total. The average molecular weight is 408 g/mol. The van der Waals surface area contributed by atoms with E-state index in [9.17, 15) is 21.6 Å². The van der Waals surface area contributed by atoms with E-state index < -0.39 is 23.7 Å². The number of aromatic nitrogens is 1. The fourth-order valence-corrected chi connectivity index (χ4v) is 5.60. The molecule has 0 aliphatic heterocycles. The van der Waals surface area contributed by atoms with E-state index in [0.717, 1.165) is 23.7 Å². The fourth-order valence-electron chi connectivity index (χ4n) is 3.17. The highest BCUT2D eigenvalue weighted by Gasteiger charge is 2.49. The Morgan fingerprint density at radius 3 is 2.31 bits per heavy atom. The lowest BCUT2D eigenvalue weighted by Gasteiger charge is -2.23. The summed E-state index contributed by atoms with van der Waals surface area (Å²) < 4.78 is 67.8. The summed E-state index contributed by atoms with van der Waals surface area (Å²) in [7, 11) is -7.92. The molecule has 1 unspecified atom stereocenters. The van der Waals surface area contributed by atoms with Crippen LogP contribution in [-0.2, 0) is 10.1 Å². The Labute approximate surface area is 153 Å². The van der Waals surface area contributed by atoms with Gasteiger partial charge < -0.3 is 8.75 Å². The molecule has 0 spiro atoms. The van der Waals surface area contributed by atoms with Gasteiger partial charge in [-0.1, -0.05) is 33.0 Å². The zero-order valence-electron chi connectivity index (χ0n) is 15.5. The quantitative estimate of drug-likeness (QED) is 0.393. The highest BCUT2D eigenvalue weighted by atomic mass is 32.2. The van der Waals surface area contributed by atoms with E-state index in [1.54, 1.807) is 6.07 Å². The highest BCUT2D eigenvalue weighted by molar-refractivity contribution is 7.88. The molecule has 0 saturated carbocycles. The first kappa shape index (κ1) is 20.8. The lowest BCUT2D eigenvalue weighted by atomic mass is 10.2. The van der Waals surface area contributed by atoms with Crippen LogP contribution in [0, 0.1) is 0 Å². The van der Waals surface area contributed by atoms with Crippen LogP contribution in [0.2, 0.25) is 19.6 Å². The van der Waals surface area contributed by atoms with Crippen molar-refractivity contribution < 1.29 is 25.8 Å². The molecule has 0 aliphatic carbocycles. The van der Waals surface area contributed by atoms with Crippen molar-refractivity contribution in [1.82, 2.24) is 4.57 Å². The van der Waals surface area contributed by atoms with Crippen molar-refractivity contribution in [3.63, 3.8) is 0 Å². The number of nitrogens with zero attached hydrogens (tertiary/aromatic N) is 1. The standard InChI is InChI=1S/C17H24F3NO3SSi/c1-6-7-12(2)21-11-10-13-14(21)8-9-15(16(13)26(3,4)5)24-25(22,23)17(18,19)20/h8-12H,6-7H2,1-5H3. The molecule has 2 rings (SSSR count). The van der Waals surface area contributed by atoms with Crippen molar-refractivity contribution in [2.24, 2.45) is 0 Å². The predicted octanol–water partition coefficient (Wildman–Crippen LogP) is 4.78. The lowest BCUT2D eigenvalue weighted by molar-refractivity contribution is -0.0499. The number of halogens is 3. The molecule has 0 aliphatic rings. The maximum Gasteiger partial charge on any atom is 0.534 e. The van der Waals surface area contributed by atoms with Gasteiger partial charge in [0.1, 0.15) is 5.75 Å². The number of hydrogen-bond donors (Lipinski definition) is 0. The van der Waals surface area contributed by atoms with Crippen LogP contribution in [-0.4, -0.2) is 26.6 Å². The first-order valence-corrected chi connectivity index (χ1v) is 13.3. The van der Waals surface area contributed by atoms with Crippen molar-refractivity contribution in [3.8, 4) is 5.75 Å². The smallest absolute Gasteiger partial charge is 0.376 e. The Kier molecular flexibility index (Phi) is 5.54. The summed E-state index contributed by atoms with van der Waals surface area (Å²) in [4.78, 5) is 0. The monoisotopic (exact) mass is 407 g/mol. The van der Waals surface area contributed by atoms with E-state index in [2.05, 4.69) is 22.6 Å². The molecule has 1 atom stereocenters. The maximum absolute atomic E-state index is 12.8. The van der Waals surface area contributed by atoms with Crippen LogP contribution in [0.25, 0.3) is 10.9 Å². The second-order valence-electron chi connectivity index (χ2n) is 7.47. The summed E-state index contributed by atoms with van der Waals surface area (Å²) in [6, 6.07) is 5.04. The van der Waals surface area contributed by atoms with Gasteiger partial charge in [0.15, 0.2) is 0 Å². The van der Waals surface area contributed by atoms with Crippen molar-refractivity contribution in [2.75, 3.05) is 0 Å². The average Bonchev–Trinajstić information content (AvgIpc) is 2.87. The van der Waals surface area contributed by atoms with Crippen LogP contribution in [0.5, 0.6) is 5.75 Å². The van der Waals surface area contributed by atoms with E-state index in [1.807, 2.05) is 31.9 Å². The molecule has 9 heteroatoms. The number of alkyl halides is 3. The second-order valence-corrected chi connectivity index (χ2v) is 14.0. The topological polar surface area (TPSA) is 48.3 Å². The molecule has 0 saturated heterocycles. The minimum Gasteiger partial charge on any atom is -0.376 e. The van der Waals surface area contributed by atoms with Crippen LogP contribution < -0.4 is 9.37 Å². The molecule has 2 aromatic rings. The van der Waals surface area contributed by atoms with Crippen molar-refractivity contribution in [1.29, 1.82) is 0 Å². The number of fused-ring (bicyclic) bond motifs is 1. The van der Waals surface area contributed by atoms with Gasteiger partial charge in [-0.2, -0.15) is 21.6 Å². The number of hydrogen-bond acceptors (Lipinski definition) is 3. The van der Waals surface area contributed by atoms with E-state index in [-0.39, 0.29) is 11.8 Å². The minimum atomic E-state index is -5.70. The number of benzene rings is 1. The first-order chi connectivity index (χ1) is 11.8. The number of rotatable bonds is 6. The van der Waals surface area contributed by atoms with Crippen LogP contribution in [0.3, 0.4) is 0 Å². The fraction of sp³-hybridized carbons (Fsp3) is 0.529. The molecule has 1 heterocycles. The summed E-state index contributed by atoms with van der Waals surface area (Å²) >= 11 is 0. The lowest BCUT2D eigenvalue weighted by Crippen LogP contribution is -2.41. The molecular weight excluding hydrogens is 383 g/mol. The van der Waals surface area contributed by atoms with Crippen molar-refractivity contribution >= 4 is 34.3 Å². The summed E-state index contributed by atoms with van der Waals surface area (Å²) in [6.45, 7) is 10.0. The van der Waals surface area contributed by atoms with Crippen LogP contribution >= 0.6 is 0 Å². The third kappa shape index (κ3) is 3.93. The SMILES string of the molecule is CCCC(C)n1ccc2c([Si](C)(C)C)c(OS(=O)(=O)C(F)(F)F)ccc21. The molecule has 0 radical (unpaired) electrons. The largest absolute Gasteiger partial charge is 0.534 e. The molecule has 1 aromatic carbocycles. The van der Waals surface area contributed by atoms with Gasteiger partial charge in [-0.15, -0.1) is 0 Å². The van der Waals surface area contributed by atoms with Crippen LogP contribution in [0.1, 0.15) is 32.7 Å². The van der Waals surface area contributed by atoms with E-state index in [1.165, 1.54) is 6.07 Å². The Morgan fingerprint density at radius 2 is 1.81 bits per heavy atom. The molecule has 146 valence electrons. The molecule has 26 heavy (non-hydrogen) atoms. The summed E-state index contributed by atoms with van der Waals surface area (Å²) in [5.74, 6) is -0.227. The minimum absolute atomic E-state index is 0.227. The van der Waals surface area contributed by atoms with Gasteiger partial charge in [-0.25, -0.2) is 0 Å². The van der Waals surface area contributed by atoms with Crippen LogP contribution in [0.4, 0.5) is 13.2 Å². The second kappa shape index (κ2) is 6.92. The van der Waals surface area contributed by atoms with Gasteiger partial charge in [-0.3, -0.25) is 0 Å². The van der Waals surface area contributed by atoms with Crippen molar-refractivity contribution in [3.05, 3.63) is 24.4 Å². The normalized spacial score (nSPS) is 14.6. The molecule has 4 nitrogen and oxygen atoms in total. The Hall–Kier alpha value is -1.48. The third-order valence-corrected chi connectivity index (χ3v) is 7.26. The third-order valence-electron chi connectivity index (χ3n) is 4.28.